The molecular weight excluding hydrogens is 324 g/mol. The summed E-state index contributed by atoms with van der Waals surface area (Å²) in [5, 5.41) is 0. The summed E-state index contributed by atoms with van der Waals surface area (Å²) >= 11 is 0. The molecule has 0 nitrogen and oxygen atoms in total. The molecule has 0 radical (unpaired) electrons. The van der Waals surface area contributed by atoms with E-state index in [9.17, 15) is 0 Å². The lowest BCUT2D eigenvalue weighted by atomic mass is 9.62. The molecule has 0 heterocycles. The molecule has 0 aromatic carbocycles. The first-order valence-corrected chi connectivity index (χ1v) is 12.0. The van der Waals surface area contributed by atoms with Crippen LogP contribution in [0.15, 0.2) is 34.9 Å². The van der Waals surface area contributed by atoms with Crippen molar-refractivity contribution in [2.45, 2.75) is 105 Å². The van der Waals surface area contributed by atoms with Crippen LogP contribution in [0.3, 0.4) is 0 Å². The Bertz CT molecular complexity index is 587. The molecule has 0 amide bonds. The molecule has 3 aliphatic rings. The predicted molar refractivity (Wildman–Crippen MR) is 120 cm³/mol. The number of allylic oxidation sites excluding steroid dienone is 6. The first-order valence-electron chi connectivity index (χ1n) is 12.0. The van der Waals surface area contributed by atoms with Gasteiger partial charge in [-0.25, -0.2) is 0 Å². The van der Waals surface area contributed by atoms with Crippen LogP contribution < -0.4 is 0 Å². The van der Waals surface area contributed by atoms with Crippen LogP contribution in [0.4, 0.5) is 0 Å². The Hall–Kier alpha value is -0.780. The summed E-state index contributed by atoms with van der Waals surface area (Å²) in [6.07, 6.45) is 22.8. The third-order valence-corrected chi connectivity index (χ3v) is 8.28. The molecule has 0 saturated heterocycles. The van der Waals surface area contributed by atoms with Gasteiger partial charge in [0.05, 0.1) is 0 Å². The smallest absolute Gasteiger partial charge is 0.0108 e. The highest BCUT2D eigenvalue weighted by Crippen LogP contribution is 2.58. The summed E-state index contributed by atoms with van der Waals surface area (Å²) in [4.78, 5) is 0. The van der Waals surface area contributed by atoms with Gasteiger partial charge >= 0.3 is 0 Å². The second-order valence-electron chi connectivity index (χ2n) is 10.6. The van der Waals surface area contributed by atoms with Crippen molar-refractivity contribution in [3.05, 3.63) is 34.9 Å². The second-order valence-corrected chi connectivity index (χ2v) is 10.6. The number of rotatable bonds is 7. The topological polar surface area (TPSA) is 0 Å². The van der Waals surface area contributed by atoms with Gasteiger partial charge in [0, 0.05) is 0 Å². The highest BCUT2D eigenvalue weighted by molar-refractivity contribution is 5.35. The molecule has 0 aromatic rings. The summed E-state index contributed by atoms with van der Waals surface area (Å²) in [6, 6.07) is 0. The van der Waals surface area contributed by atoms with Gasteiger partial charge in [-0.1, -0.05) is 70.8 Å². The minimum atomic E-state index is 0.543. The van der Waals surface area contributed by atoms with Crippen LogP contribution in [-0.4, -0.2) is 0 Å². The molecule has 0 bridgehead atoms. The van der Waals surface area contributed by atoms with Crippen LogP contribution in [0.5, 0.6) is 0 Å². The van der Waals surface area contributed by atoms with E-state index in [-0.39, 0.29) is 0 Å². The zero-order chi connectivity index (χ0) is 19.4. The van der Waals surface area contributed by atoms with Gasteiger partial charge < -0.3 is 0 Å². The van der Waals surface area contributed by atoms with Gasteiger partial charge in [0.2, 0.25) is 0 Å². The average Bonchev–Trinajstić information content (AvgIpc) is 2.98. The van der Waals surface area contributed by atoms with Crippen molar-refractivity contribution in [2.75, 3.05) is 0 Å². The van der Waals surface area contributed by atoms with Crippen LogP contribution >= 0.6 is 0 Å². The summed E-state index contributed by atoms with van der Waals surface area (Å²) in [6.45, 7) is 12.3. The van der Waals surface area contributed by atoms with Gasteiger partial charge in [0.25, 0.3) is 0 Å². The molecule has 1 fully saturated rings. The Balaban J connectivity index is 1.67. The maximum Gasteiger partial charge on any atom is -0.0108 e. The molecular formula is C27H44. The molecule has 4 atom stereocenters. The van der Waals surface area contributed by atoms with E-state index in [1.54, 1.807) is 16.7 Å². The Kier molecular flexibility index (Phi) is 7.09. The van der Waals surface area contributed by atoms with E-state index in [1.165, 1.54) is 70.6 Å². The summed E-state index contributed by atoms with van der Waals surface area (Å²) < 4.78 is 0. The lowest BCUT2D eigenvalue weighted by Gasteiger charge is -2.43. The number of hydrogen-bond acceptors (Lipinski definition) is 0. The fraction of sp³-hybridized carbons (Fsp3) is 0.778. The number of fused-ring (bicyclic) bond motifs is 1. The molecule has 3 rings (SSSR count). The quantitative estimate of drug-likeness (QED) is 0.421. The van der Waals surface area contributed by atoms with E-state index in [0.717, 1.165) is 23.7 Å². The summed E-state index contributed by atoms with van der Waals surface area (Å²) in [5.74, 6) is 3.49. The molecule has 0 aliphatic heterocycles. The highest BCUT2D eigenvalue weighted by Gasteiger charge is 2.49. The Labute approximate surface area is 169 Å². The Morgan fingerprint density at radius 2 is 1.85 bits per heavy atom. The molecule has 0 N–H and O–H groups in total. The Morgan fingerprint density at radius 1 is 1.07 bits per heavy atom. The van der Waals surface area contributed by atoms with Crippen molar-refractivity contribution in [3.63, 3.8) is 0 Å². The van der Waals surface area contributed by atoms with E-state index >= 15 is 0 Å². The van der Waals surface area contributed by atoms with Gasteiger partial charge in [-0.3, -0.25) is 0 Å². The molecule has 152 valence electrons. The van der Waals surface area contributed by atoms with E-state index < -0.39 is 0 Å². The van der Waals surface area contributed by atoms with Gasteiger partial charge in [0.1, 0.15) is 0 Å². The van der Waals surface area contributed by atoms with Gasteiger partial charge in [-0.2, -0.15) is 0 Å². The van der Waals surface area contributed by atoms with E-state index in [2.05, 4.69) is 52.8 Å². The SMILES string of the molecule is CC1=C(/C=C/C2=CCCC3(C)C2CCC3[C@H](C)CCCC(C)C)CCCC1. The van der Waals surface area contributed by atoms with Crippen molar-refractivity contribution in [3.8, 4) is 0 Å². The van der Waals surface area contributed by atoms with Gasteiger partial charge in [-0.15, -0.1) is 0 Å². The highest BCUT2D eigenvalue weighted by atomic mass is 14.5. The normalized spacial score (nSPS) is 32.9. The third kappa shape index (κ3) is 4.80. The van der Waals surface area contributed by atoms with Crippen LogP contribution in [-0.2, 0) is 0 Å². The minimum Gasteiger partial charge on any atom is -0.0810 e. The molecule has 0 heteroatoms. The summed E-state index contributed by atoms with van der Waals surface area (Å²) in [7, 11) is 0. The van der Waals surface area contributed by atoms with Gasteiger partial charge in [0.15, 0.2) is 0 Å². The van der Waals surface area contributed by atoms with Crippen molar-refractivity contribution in [1.29, 1.82) is 0 Å². The van der Waals surface area contributed by atoms with Gasteiger partial charge in [-0.05, 0) is 98.5 Å². The molecule has 3 unspecified atom stereocenters. The predicted octanol–water partition coefficient (Wildman–Crippen LogP) is 8.65. The van der Waals surface area contributed by atoms with Crippen LogP contribution in [0.25, 0.3) is 0 Å². The maximum absolute atomic E-state index is 2.64. The van der Waals surface area contributed by atoms with Crippen molar-refractivity contribution in [1.82, 2.24) is 0 Å². The van der Waals surface area contributed by atoms with Crippen molar-refractivity contribution >= 4 is 0 Å². The fourth-order valence-electron chi connectivity index (χ4n) is 6.53. The fourth-order valence-corrected chi connectivity index (χ4v) is 6.53. The third-order valence-electron chi connectivity index (χ3n) is 8.28. The standard InChI is InChI=1S/C27H44/c1-20(2)10-8-12-22(4)25-17-18-26-24(14-9-19-27(25,26)5)16-15-23-13-7-6-11-21(23)3/h14-16,20,22,25-26H,6-13,17-19H2,1-5H3/b16-15+/t22-,25?,26?,27?/m1/s1. The Morgan fingerprint density at radius 3 is 2.59 bits per heavy atom. The lowest BCUT2D eigenvalue weighted by Crippen LogP contribution is -2.35. The first kappa shape index (κ1) is 20.9. The monoisotopic (exact) mass is 368 g/mol. The van der Waals surface area contributed by atoms with Crippen molar-refractivity contribution in [2.24, 2.45) is 29.1 Å². The number of hydrogen-bond donors (Lipinski definition) is 0. The van der Waals surface area contributed by atoms with Crippen LogP contribution in [0.2, 0.25) is 0 Å². The zero-order valence-corrected chi connectivity index (χ0v) is 18.8. The van der Waals surface area contributed by atoms with Crippen LogP contribution in [0, 0.1) is 29.1 Å². The summed E-state index contributed by atoms with van der Waals surface area (Å²) in [5.41, 5.74) is 5.49. The molecule has 0 aromatic heterocycles. The van der Waals surface area contributed by atoms with Crippen LogP contribution in [0.1, 0.15) is 105 Å². The second kappa shape index (κ2) is 9.15. The van der Waals surface area contributed by atoms with E-state index in [0.29, 0.717) is 5.41 Å². The van der Waals surface area contributed by atoms with E-state index in [1.807, 2.05) is 0 Å². The molecule has 1 saturated carbocycles. The zero-order valence-electron chi connectivity index (χ0n) is 18.8. The molecule has 27 heavy (non-hydrogen) atoms. The maximum atomic E-state index is 2.64. The largest absolute Gasteiger partial charge is 0.0810 e. The lowest BCUT2D eigenvalue weighted by molar-refractivity contribution is 0.107. The van der Waals surface area contributed by atoms with Crippen molar-refractivity contribution < 1.29 is 0 Å². The van der Waals surface area contributed by atoms with E-state index in [4.69, 9.17) is 0 Å². The minimum absolute atomic E-state index is 0.543. The first-order chi connectivity index (χ1) is 12.9. The molecule has 0 spiro atoms. The average molecular weight is 369 g/mol. The molecule has 3 aliphatic carbocycles.